The molecule has 32 heavy (non-hydrogen) atoms. The third kappa shape index (κ3) is 5.25. The summed E-state index contributed by atoms with van der Waals surface area (Å²) in [4.78, 5) is 36.8. The highest BCUT2D eigenvalue weighted by molar-refractivity contribution is 5.95. The molecule has 7 heteroatoms. The maximum Gasteiger partial charge on any atom is 0.315 e. The molecule has 174 valence electrons. The summed E-state index contributed by atoms with van der Waals surface area (Å²) in [5, 5.41) is 11.6. The summed E-state index contributed by atoms with van der Waals surface area (Å²) >= 11 is 0. The second-order valence-corrected chi connectivity index (χ2v) is 10.4. The number of amides is 4. The van der Waals surface area contributed by atoms with Crippen molar-refractivity contribution in [3.05, 3.63) is 28.8 Å². The molecule has 0 heterocycles. The van der Waals surface area contributed by atoms with Crippen molar-refractivity contribution in [2.24, 2.45) is 17.8 Å². The fraction of sp³-hybridized carbons (Fsp3) is 0.640. The normalized spacial score (nSPS) is 27.7. The molecule has 0 aliphatic heterocycles. The first-order valence-corrected chi connectivity index (χ1v) is 11.9. The summed E-state index contributed by atoms with van der Waals surface area (Å²) < 4.78 is 0. The van der Waals surface area contributed by atoms with Crippen LogP contribution in [0.5, 0.6) is 0 Å². The SMILES string of the molecule is Cc1cc(C)c(NC(=O)CNC(=O)CCNC(=O)NC23CC4CC(CC(C4)C2)C3)c(C)c1. The van der Waals surface area contributed by atoms with Gasteiger partial charge < -0.3 is 21.3 Å². The summed E-state index contributed by atoms with van der Waals surface area (Å²) in [7, 11) is 0. The molecular weight excluding hydrogens is 404 g/mol. The molecule has 0 radical (unpaired) electrons. The van der Waals surface area contributed by atoms with Gasteiger partial charge in [-0.25, -0.2) is 4.79 Å². The van der Waals surface area contributed by atoms with Crippen molar-refractivity contribution >= 4 is 23.5 Å². The Hall–Kier alpha value is -2.57. The Balaban J connectivity index is 1.15. The number of hydrogen-bond donors (Lipinski definition) is 4. The van der Waals surface area contributed by atoms with E-state index in [0.29, 0.717) is 0 Å². The molecule has 4 amide bonds. The number of rotatable bonds is 7. The zero-order valence-corrected chi connectivity index (χ0v) is 19.5. The van der Waals surface area contributed by atoms with Gasteiger partial charge in [0.25, 0.3) is 0 Å². The highest BCUT2D eigenvalue weighted by Gasteiger charge is 2.51. The maximum absolute atomic E-state index is 12.4. The van der Waals surface area contributed by atoms with E-state index in [1.54, 1.807) is 0 Å². The predicted octanol–water partition coefficient (Wildman–Crippen LogP) is 3.32. The lowest BCUT2D eigenvalue weighted by atomic mass is 9.53. The molecule has 4 saturated carbocycles. The van der Waals surface area contributed by atoms with E-state index in [1.165, 1.54) is 19.3 Å². The molecule has 7 nitrogen and oxygen atoms in total. The fourth-order valence-electron chi connectivity index (χ4n) is 6.67. The van der Waals surface area contributed by atoms with Crippen molar-refractivity contribution in [1.29, 1.82) is 0 Å². The van der Waals surface area contributed by atoms with Gasteiger partial charge >= 0.3 is 6.03 Å². The van der Waals surface area contributed by atoms with Gasteiger partial charge in [0.15, 0.2) is 0 Å². The lowest BCUT2D eigenvalue weighted by Gasteiger charge is -2.56. The molecular formula is C25H36N4O3. The smallest absolute Gasteiger partial charge is 0.315 e. The molecule has 0 saturated heterocycles. The standard InChI is InChI=1S/C25H36N4O3/c1-15-6-16(2)23(17(3)7-15)28-22(31)14-27-21(30)4-5-26-24(32)29-25-11-18-8-19(12-25)10-20(9-18)13-25/h6-7,18-20H,4-5,8-14H2,1-3H3,(H,27,30)(H,28,31)(H2,26,29,32). The summed E-state index contributed by atoms with van der Waals surface area (Å²) in [5.74, 6) is 1.79. The van der Waals surface area contributed by atoms with Crippen molar-refractivity contribution in [1.82, 2.24) is 16.0 Å². The van der Waals surface area contributed by atoms with Gasteiger partial charge in [0.05, 0.1) is 6.54 Å². The molecule has 1 aromatic carbocycles. The van der Waals surface area contributed by atoms with Crippen LogP contribution in [0.2, 0.25) is 0 Å². The highest BCUT2D eigenvalue weighted by Crippen LogP contribution is 2.55. The first-order chi connectivity index (χ1) is 15.2. The maximum atomic E-state index is 12.4. The number of carbonyl (C=O) groups excluding carboxylic acids is 3. The zero-order valence-electron chi connectivity index (χ0n) is 19.5. The molecule has 4 N–H and O–H groups in total. The van der Waals surface area contributed by atoms with Crippen molar-refractivity contribution in [2.75, 3.05) is 18.4 Å². The molecule has 5 rings (SSSR count). The molecule has 0 atom stereocenters. The number of carbonyl (C=O) groups is 3. The van der Waals surface area contributed by atoms with Crippen LogP contribution in [0.3, 0.4) is 0 Å². The van der Waals surface area contributed by atoms with Crippen LogP contribution in [0.25, 0.3) is 0 Å². The van der Waals surface area contributed by atoms with Gasteiger partial charge in [0, 0.05) is 24.2 Å². The molecule has 1 aromatic rings. The van der Waals surface area contributed by atoms with E-state index in [0.717, 1.165) is 59.4 Å². The minimum atomic E-state index is -0.263. The van der Waals surface area contributed by atoms with Crippen molar-refractivity contribution < 1.29 is 14.4 Å². The van der Waals surface area contributed by atoms with E-state index >= 15 is 0 Å². The van der Waals surface area contributed by atoms with E-state index in [9.17, 15) is 14.4 Å². The lowest BCUT2D eigenvalue weighted by molar-refractivity contribution is -0.124. The third-order valence-corrected chi connectivity index (χ3v) is 7.44. The first-order valence-electron chi connectivity index (χ1n) is 11.9. The molecule has 0 aromatic heterocycles. The van der Waals surface area contributed by atoms with E-state index in [2.05, 4.69) is 21.3 Å². The van der Waals surface area contributed by atoms with Gasteiger partial charge in [-0.15, -0.1) is 0 Å². The Kier molecular flexibility index (Phi) is 6.45. The first kappa shape index (κ1) is 22.6. The molecule has 4 aliphatic carbocycles. The van der Waals surface area contributed by atoms with E-state index in [1.807, 2.05) is 32.9 Å². The molecule has 4 bridgehead atoms. The Morgan fingerprint density at radius 1 is 0.875 bits per heavy atom. The third-order valence-electron chi connectivity index (χ3n) is 7.44. The molecule has 4 aliphatic rings. The minimum Gasteiger partial charge on any atom is -0.347 e. The Bertz CT molecular complexity index is 852. The average Bonchev–Trinajstić information content (AvgIpc) is 2.67. The van der Waals surface area contributed by atoms with Gasteiger partial charge in [-0.2, -0.15) is 0 Å². The topological polar surface area (TPSA) is 99.3 Å². The summed E-state index contributed by atoms with van der Waals surface area (Å²) in [6.45, 7) is 6.08. The Morgan fingerprint density at radius 3 is 2.00 bits per heavy atom. The fourth-order valence-corrected chi connectivity index (χ4v) is 6.67. The number of aryl methyl sites for hydroxylation is 3. The predicted molar refractivity (Wildman–Crippen MR) is 124 cm³/mol. The number of urea groups is 1. The van der Waals surface area contributed by atoms with Crippen LogP contribution in [0, 0.1) is 38.5 Å². The summed E-state index contributed by atoms with van der Waals surface area (Å²) in [6.07, 6.45) is 7.44. The van der Waals surface area contributed by atoms with E-state index < -0.39 is 0 Å². The minimum absolute atomic E-state index is 0.0363. The van der Waals surface area contributed by atoms with Crippen molar-refractivity contribution in [3.8, 4) is 0 Å². The number of nitrogens with one attached hydrogen (secondary N) is 4. The second-order valence-electron chi connectivity index (χ2n) is 10.4. The quantitative estimate of drug-likeness (QED) is 0.523. The summed E-state index contributed by atoms with van der Waals surface area (Å²) in [6, 6.07) is 3.85. The monoisotopic (exact) mass is 440 g/mol. The van der Waals surface area contributed by atoms with Crippen LogP contribution in [-0.2, 0) is 9.59 Å². The van der Waals surface area contributed by atoms with Crippen molar-refractivity contribution in [2.45, 2.75) is 71.3 Å². The van der Waals surface area contributed by atoms with Gasteiger partial charge in [0.1, 0.15) is 0 Å². The zero-order chi connectivity index (χ0) is 22.9. The Labute approximate surface area is 190 Å². The van der Waals surface area contributed by atoms with Gasteiger partial charge in [-0.3, -0.25) is 9.59 Å². The van der Waals surface area contributed by atoms with Crippen molar-refractivity contribution in [3.63, 3.8) is 0 Å². The molecule has 0 unspecified atom stereocenters. The Morgan fingerprint density at radius 2 is 1.44 bits per heavy atom. The highest BCUT2D eigenvalue weighted by atomic mass is 16.2. The van der Waals surface area contributed by atoms with Crippen LogP contribution in [0.1, 0.15) is 61.6 Å². The summed E-state index contributed by atoms with van der Waals surface area (Å²) in [5.41, 5.74) is 3.89. The van der Waals surface area contributed by atoms with Gasteiger partial charge in [0.2, 0.25) is 11.8 Å². The largest absolute Gasteiger partial charge is 0.347 e. The molecule has 4 fully saturated rings. The van der Waals surface area contributed by atoms with Crippen LogP contribution in [-0.4, -0.2) is 36.5 Å². The van der Waals surface area contributed by atoms with Gasteiger partial charge in [-0.1, -0.05) is 17.7 Å². The van der Waals surface area contributed by atoms with Crippen LogP contribution < -0.4 is 21.3 Å². The number of anilines is 1. The van der Waals surface area contributed by atoms with Crippen LogP contribution in [0.15, 0.2) is 12.1 Å². The number of hydrogen-bond acceptors (Lipinski definition) is 3. The average molecular weight is 441 g/mol. The lowest BCUT2D eigenvalue weighted by Crippen LogP contribution is -2.61. The van der Waals surface area contributed by atoms with Crippen LogP contribution in [0.4, 0.5) is 10.5 Å². The van der Waals surface area contributed by atoms with Crippen LogP contribution >= 0.6 is 0 Å². The number of benzene rings is 1. The van der Waals surface area contributed by atoms with E-state index in [-0.39, 0.29) is 42.9 Å². The van der Waals surface area contributed by atoms with Gasteiger partial charge in [-0.05, 0) is 88.2 Å². The molecule has 0 spiro atoms. The van der Waals surface area contributed by atoms with E-state index in [4.69, 9.17) is 0 Å². The second kappa shape index (κ2) is 9.12.